The molecule has 2 rings (SSSR count). The van der Waals surface area contributed by atoms with Crippen LogP contribution in [0.2, 0.25) is 5.02 Å². The van der Waals surface area contributed by atoms with E-state index in [1.54, 1.807) is 24.3 Å². The third kappa shape index (κ3) is 3.75. The van der Waals surface area contributed by atoms with Crippen LogP contribution >= 0.6 is 11.6 Å². The molecule has 1 amide bonds. The molecule has 0 aliphatic heterocycles. The first-order valence-corrected chi connectivity index (χ1v) is 6.77. The van der Waals surface area contributed by atoms with Gasteiger partial charge in [-0.1, -0.05) is 37.6 Å². The van der Waals surface area contributed by atoms with E-state index in [2.05, 4.69) is 5.32 Å². The number of hydrogen-bond donors (Lipinski definition) is 1. The molecule has 0 saturated heterocycles. The lowest BCUT2D eigenvalue weighted by Crippen LogP contribution is -2.18. The second-order valence-corrected chi connectivity index (χ2v) is 5.13. The normalized spacial score (nSPS) is 10.4. The Morgan fingerprint density at radius 3 is 2.40 bits per heavy atom. The Morgan fingerprint density at radius 2 is 1.75 bits per heavy atom. The Morgan fingerprint density at radius 1 is 1.10 bits per heavy atom. The van der Waals surface area contributed by atoms with Crippen LogP contribution < -0.4 is 10.1 Å². The van der Waals surface area contributed by atoms with E-state index in [-0.39, 0.29) is 11.8 Å². The summed E-state index contributed by atoms with van der Waals surface area (Å²) in [6.07, 6.45) is 0. The summed E-state index contributed by atoms with van der Waals surface area (Å²) in [5.74, 6) is 1.14. The summed E-state index contributed by atoms with van der Waals surface area (Å²) in [5, 5.41) is 3.50. The van der Waals surface area contributed by atoms with Crippen LogP contribution in [0.5, 0.6) is 11.5 Å². The first-order valence-electron chi connectivity index (χ1n) is 6.39. The molecule has 1 N–H and O–H groups in total. The molecule has 0 fully saturated rings. The van der Waals surface area contributed by atoms with E-state index in [0.29, 0.717) is 22.2 Å². The topological polar surface area (TPSA) is 38.3 Å². The number of halogens is 1. The van der Waals surface area contributed by atoms with Gasteiger partial charge in [0.15, 0.2) is 5.75 Å². The molecule has 0 saturated carbocycles. The van der Waals surface area contributed by atoms with Crippen molar-refractivity contribution < 1.29 is 9.53 Å². The van der Waals surface area contributed by atoms with E-state index >= 15 is 0 Å². The van der Waals surface area contributed by atoms with Gasteiger partial charge in [0.1, 0.15) is 5.75 Å². The van der Waals surface area contributed by atoms with Crippen molar-refractivity contribution in [3.8, 4) is 11.5 Å². The van der Waals surface area contributed by atoms with Gasteiger partial charge in [-0.05, 0) is 36.4 Å². The number of ether oxygens (including phenoxy) is 1. The molecule has 0 bridgehead atoms. The number of para-hydroxylation sites is 2. The zero-order valence-corrected chi connectivity index (χ0v) is 12.1. The highest BCUT2D eigenvalue weighted by Gasteiger charge is 2.11. The number of anilines is 1. The largest absolute Gasteiger partial charge is 0.455 e. The molecule has 20 heavy (non-hydrogen) atoms. The van der Waals surface area contributed by atoms with Gasteiger partial charge < -0.3 is 10.1 Å². The number of amides is 1. The molecule has 3 nitrogen and oxygen atoms in total. The summed E-state index contributed by atoms with van der Waals surface area (Å²) in [5.41, 5.74) is 0.654. The first-order chi connectivity index (χ1) is 9.56. The fourth-order valence-corrected chi connectivity index (χ4v) is 1.69. The molecule has 0 unspecified atom stereocenters. The van der Waals surface area contributed by atoms with E-state index in [1.165, 1.54) is 0 Å². The van der Waals surface area contributed by atoms with Crippen molar-refractivity contribution >= 4 is 23.2 Å². The predicted molar refractivity (Wildman–Crippen MR) is 81.4 cm³/mol. The average molecular weight is 290 g/mol. The van der Waals surface area contributed by atoms with Gasteiger partial charge in [-0.2, -0.15) is 0 Å². The van der Waals surface area contributed by atoms with Gasteiger partial charge in [0.25, 0.3) is 0 Å². The summed E-state index contributed by atoms with van der Waals surface area (Å²) < 4.78 is 5.77. The minimum Gasteiger partial charge on any atom is -0.455 e. The lowest BCUT2D eigenvalue weighted by atomic mass is 10.2. The van der Waals surface area contributed by atoms with Crippen molar-refractivity contribution in [1.82, 2.24) is 0 Å². The molecular formula is C16H16ClNO2. The van der Waals surface area contributed by atoms with Crippen LogP contribution in [0.4, 0.5) is 5.69 Å². The minimum atomic E-state index is -0.0846. The number of hydrogen-bond acceptors (Lipinski definition) is 2. The molecule has 104 valence electrons. The molecule has 0 aliphatic carbocycles. The zero-order valence-electron chi connectivity index (χ0n) is 11.4. The Hall–Kier alpha value is -2.00. The van der Waals surface area contributed by atoms with Crippen molar-refractivity contribution in [2.45, 2.75) is 13.8 Å². The quantitative estimate of drug-likeness (QED) is 0.884. The highest BCUT2D eigenvalue weighted by Crippen LogP contribution is 2.30. The molecule has 2 aromatic rings. The van der Waals surface area contributed by atoms with Crippen LogP contribution in [0.3, 0.4) is 0 Å². The van der Waals surface area contributed by atoms with Crippen LogP contribution in [-0.4, -0.2) is 5.91 Å². The standard InChI is InChI=1S/C16H16ClNO2/c1-11(2)16(19)18-14-5-3-4-6-15(14)20-13-9-7-12(17)8-10-13/h3-11H,1-2H3,(H,18,19). The predicted octanol–water partition coefficient (Wildman–Crippen LogP) is 4.73. The minimum absolute atomic E-state index is 0.0443. The fourth-order valence-electron chi connectivity index (χ4n) is 1.57. The van der Waals surface area contributed by atoms with E-state index in [1.807, 2.05) is 38.1 Å². The summed E-state index contributed by atoms with van der Waals surface area (Å²) >= 11 is 5.84. The second kappa shape index (κ2) is 6.44. The van der Waals surface area contributed by atoms with Gasteiger partial charge in [-0.25, -0.2) is 0 Å². The van der Waals surface area contributed by atoms with Crippen molar-refractivity contribution in [3.63, 3.8) is 0 Å². The maximum Gasteiger partial charge on any atom is 0.227 e. The summed E-state index contributed by atoms with van der Waals surface area (Å²) in [6, 6.07) is 14.4. The summed E-state index contributed by atoms with van der Waals surface area (Å²) in [7, 11) is 0. The molecule has 0 heterocycles. The molecule has 4 heteroatoms. The van der Waals surface area contributed by atoms with Crippen LogP contribution in [0.15, 0.2) is 48.5 Å². The lowest BCUT2D eigenvalue weighted by molar-refractivity contribution is -0.118. The van der Waals surface area contributed by atoms with Gasteiger partial charge in [-0.15, -0.1) is 0 Å². The maximum atomic E-state index is 11.8. The molecule has 0 atom stereocenters. The molecule has 0 aromatic heterocycles. The van der Waals surface area contributed by atoms with Gasteiger partial charge in [0.05, 0.1) is 5.69 Å². The molecule has 0 aliphatic rings. The van der Waals surface area contributed by atoms with Crippen LogP contribution in [0.25, 0.3) is 0 Å². The number of benzene rings is 2. The van der Waals surface area contributed by atoms with Crippen molar-refractivity contribution in [2.24, 2.45) is 5.92 Å². The Labute approximate surface area is 123 Å². The Kier molecular flexibility index (Phi) is 4.64. The SMILES string of the molecule is CC(C)C(=O)Nc1ccccc1Oc1ccc(Cl)cc1. The second-order valence-electron chi connectivity index (χ2n) is 4.70. The van der Waals surface area contributed by atoms with Crippen molar-refractivity contribution in [3.05, 3.63) is 53.6 Å². The highest BCUT2D eigenvalue weighted by atomic mass is 35.5. The van der Waals surface area contributed by atoms with Crippen LogP contribution in [0, 0.1) is 5.92 Å². The van der Waals surface area contributed by atoms with Gasteiger partial charge in [0, 0.05) is 10.9 Å². The number of nitrogens with one attached hydrogen (secondary N) is 1. The van der Waals surface area contributed by atoms with E-state index < -0.39 is 0 Å². The maximum absolute atomic E-state index is 11.8. The van der Waals surface area contributed by atoms with E-state index in [4.69, 9.17) is 16.3 Å². The van der Waals surface area contributed by atoms with Crippen molar-refractivity contribution in [2.75, 3.05) is 5.32 Å². The Bertz CT molecular complexity index is 594. The first kappa shape index (κ1) is 14.4. The van der Waals surface area contributed by atoms with E-state index in [9.17, 15) is 4.79 Å². The molecular weight excluding hydrogens is 274 g/mol. The molecule has 0 spiro atoms. The third-order valence-corrected chi connectivity index (χ3v) is 2.96. The van der Waals surface area contributed by atoms with Crippen LogP contribution in [-0.2, 0) is 4.79 Å². The van der Waals surface area contributed by atoms with Gasteiger partial charge in [-0.3, -0.25) is 4.79 Å². The summed E-state index contributed by atoms with van der Waals surface area (Å²) in [4.78, 5) is 11.8. The van der Waals surface area contributed by atoms with Crippen LogP contribution in [0.1, 0.15) is 13.8 Å². The van der Waals surface area contributed by atoms with Crippen molar-refractivity contribution in [1.29, 1.82) is 0 Å². The highest BCUT2D eigenvalue weighted by molar-refractivity contribution is 6.30. The fraction of sp³-hybridized carbons (Fsp3) is 0.188. The lowest BCUT2D eigenvalue weighted by Gasteiger charge is -2.13. The van der Waals surface area contributed by atoms with E-state index in [0.717, 1.165) is 0 Å². The molecule has 0 radical (unpaired) electrons. The average Bonchev–Trinajstić information content (AvgIpc) is 2.43. The van der Waals surface area contributed by atoms with Gasteiger partial charge >= 0.3 is 0 Å². The molecule has 2 aromatic carbocycles. The van der Waals surface area contributed by atoms with Gasteiger partial charge in [0.2, 0.25) is 5.91 Å². The Balaban J connectivity index is 2.19. The number of rotatable bonds is 4. The third-order valence-electron chi connectivity index (χ3n) is 2.71. The number of carbonyl (C=O) groups excluding carboxylic acids is 1. The smallest absolute Gasteiger partial charge is 0.227 e. The monoisotopic (exact) mass is 289 g/mol. The number of carbonyl (C=O) groups is 1. The zero-order chi connectivity index (χ0) is 14.5. The summed E-state index contributed by atoms with van der Waals surface area (Å²) in [6.45, 7) is 3.69.